The molecule has 16 heavy (non-hydrogen) atoms. The topological polar surface area (TPSA) is 75.8 Å². The second-order valence-electron chi connectivity index (χ2n) is 5.32. The first kappa shape index (κ1) is 13.3. The Morgan fingerprint density at radius 2 is 2.19 bits per heavy atom. The number of nitrogens with zero attached hydrogens (tertiary/aromatic N) is 1. The van der Waals surface area contributed by atoms with Gasteiger partial charge in [-0.2, -0.15) is 0 Å². The first-order valence-corrected chi connectivity index (χ1v) is 5.68. The molecule has 1 aliphatic rings. The first-order valence-electron chi connectivity index (χ1n) is 5.68. The van der Waals surface area contributed by atoms with E-state index in [0.29, 0.717) is 19.5 Å². The van der Waals surface area contributed by atoms with Crippen LogP contribution < -0.4 is 5.73 Å². The van der Waals surface area contributed by atoms with Crippen molar-refractivity contribution in [1.29, 1.82) is 0 Å². The van der Waals surface area contributed by atoms with Crippen molar-refractivity contribution in [3.8, 4) is 0 Å². The normalized spacial score (nSPS) is 26.7. The van der Waals surface area contributed by atoms with Crippen LogP contribution in [0.5, 0.6) is 0 Å². The van der Waals surface area contributed by atoms with Gasteiger partial charge in [-0.05, 0) is 27.2 Å². The van der Waals surface area contributed by atoms with Crippen LogP contribution in [-0.2, 0) is 4.74 Å². The van der Waals surface area contributed by atoms with Crippen LogP contribution in [0.4, 0.5) is 4.79 Å². The zero-order valence-corrected chi connectivity index (χ0v) is 10.3. The van der Waals surface area contributed by atoms with Crippen LogP contribution in [0, 0.1) is 5.92 Å². The molecule has 1 amide bonds. The molecule has 0 aromatic carbocycles. The molecule has 0 radical (unpaired) electrons. The van der Waals surface area contributed by atoms with E-state index in [9.17, 15) is 4.79 Å². The number of rotatable bonds is 1. The lowest BCUT2D eigenvalue weighted by molar-refractivity contribution is 0.0107. The molecule has 0 aromatic heterocycles. The summed E-state index contributed by atoms with van der Waals surface area (Å²) in [7, 11) is 0. The summed E-state index contributed by atoms with van der Waals surface area (Å²) in [6.45, 7) is 6.61. The summed E-state index contributed by atoms with van der Waals surface area (Å²) in [5.41, 5.74) is 5.36. The quantitative estimate of drug-likeness (QED) is 0.690. The molecule has 2 atom stereocenters. The molecule has 1 heterocycles. The molecule has 0 bridgehead atoms. The molecule has 0 saturated carbocycles. The summed E-state index contributed by atoms with van der Waals surface area (Å²) in [5, 5.41) is 9.13. The third-order valence-corrected chi connectivity index (χ3v) is 2.68. The third-order valence-electron chi connectivity index (χ3n) is 2.68. The van der Waals surface area contributed by atoms with Crippen molar-refractivity contribution in [2.24, 2.45) is 11.7 Å². The number of piperidine rings is 1. The lowest BCUT2D eigenvalue weighted by atomic mass is 9.94. The number of carbonyl (C=O) groups excluding carboxylic acids is 1. The van der Waals surface area contributed by atoms with E-state index >= 15 is 0 Å². The van der Waals surface area contributed by atoms with Gasteiger partial charge in [0.15, 0.2) is 0 Å². The predicted molar refractivity (Wildman–Crippen MR) is 61.0 cm³/mol. The fourth-order valence-electron chi connectivity index (χ4n) is 1.74. The molecule has 1 saturated heterocycles. The Bertz CT molecular complexity index is 250. The van der Waals surface area contributed by atoms with Crippen LogP contribution >= 0.6 is 0 Å². The number of aliphatic hydroxyl groups excluding tert-OH is 1. The summed E-state index contributed by atoms with van der Waals surface area (Å²) in [4.78, 5) is 13.4. The number of amides is 1. The number of likely N-dealkylation sites (tertiary alicyclic amines) is 1. The van der Waals surface area contributed by atoms with Crippen LogP contribution in [0.15, 0.2) is 0 Å². The van der Waals surface area contributed by atoms with Gasteiger partial charge in [0.1, 0.15) is 5.60 Å². The van der Waals surface area contributed by atoms with Crippen molar-refractivity contribution in [3.63, 3.8) is 0 Å². The van der Waals surface area contributed by atoms with Crippen LogP contribution in [0.25, 0.3) is 0 Å². The van der Waals surface area contributed by atoms with E-state index in [4.69, 9.17) is 15.6 Å². The summed E-state index contributed by atoms with van der Waals surface area (Å²) in [5.74, 6) is -0.0405. The van der Waals surface area contributed by atoms with Gasteiger partial charge in [-0.1, -0.05) is 0 Å². The van der Waals surface area contributed by atoms with Crippen LogP contribution in [0.2, 0.25) is 0 Å². The number of hydrogen-bond acceptors (Lipinski definition) is 4. The van der Waals surface area contributed by atoms with Gasteiger partial charge in [-0.3, -0.25) is 0 Å². The molecule has 0 unspecified atom stereocenters. The minimum absolute atomic E-state index is 0.0143. The average Bonchev–Trinajstić information content (AvgIpc) is 2.15. The van der Waals surface area contributed by atoms with Crippen LogP contribution in [-0.4, -0.2) is 47.4 Å². The Hall–Kier alpha value is -0.810. The van der Waals surface area contributed by atoms with Gasteiger partial charge < -0.3 is 20.5 Å². The summed E-state index contributed by atoms with van der Waals surface area (Å²) >= 11 is 0. The van der Waals surface area contributed by atoms with Crippen molar-refractivity contribution in [2.75, 3.05) is 19.7 Å². The maximum absolute atomic E-state index is 11.8. The number of carbonyl (C=O) groups is 1. The Kier molecular flexibility index (Phi) is 4.15. The lowest BCUT2D eigenvalue weighted by Crippen LogP contribution is -2.51. The van der Waals surface area contributed by atoms with Crippen molar-refractivity contribution < 1.29 is 14.6 Å². The van der Waals surface area contributed by atoms with E-state index in [1.807, 2.05) is 20.8 Å². The standard InChI is InChI=1S/C11H22N2O3/c1-11(2,3)16-10(15)13-5-4-9(12)8(6-13)7-14/h8-9,14H,4-7,12H2,1-3H3/t8-,9+/m1/s1. The highest BCUT2D eigenvalue weighted by molar-refractivity contribution is 5.68. The van der Waals surface area contributed by atoms with Gasteiger partial charge in [0.25, 0.3) is 0 Å². The van der Waals surface area contributed by atoms with Crippen LogP contribution in [0.1, 0.15) is 27.2 Å². The highest BCUT2D eigenvalue weighted by atomic mass is 16.6. The first-order chi connectivity index (χ1) is 7.33. The van der Waals surface area contributed by atoms with E-state index in [-0.39, 0.29) is 24.7 Å². The van der Waals surface area contributed by atoms with Crippen molar-refractivity contribution in [3.05, 3.63) is 0 Å². The van der Waals surface area contributed by atoms with E-state index in [2.05, 4.69) is 0 Å². The highest BCUT2D eigenvalue weighted by Crippen LogP contribution is 2.18. The zero-order valence-electron chi connectivity index (χ0n) is 10.3. The van der Waals surface area contributed by atoms with Crippen molar-refractivity contribution in [1.82, 2.24) is 4.90 Å². The Balaban J connectivity index is 2.52. The van der Waals surface area contributed by atoms with Crippen molar-refractivity contribution >= 4 is 6.09 Å². The lowest BCUT2D eigenvalue weighted by Gasteiger charge is -2.36. The predicted octanol–water partition coefficient (Wildman–Crippen LogP) is 0.563. The minimum atomic E-state index is -0.481. The number of ether oxygens (including phenoxy) is 1. The SMILES string of the molecule is CC(C)(C)OC(=O)N1CC[C@H](N)[C@@H](CO)C1. The largest absolute Gasteiger partial charge is 0.444 e. The molecule has 5 heteroatoms. The molecule has 0 aliphatic carbocycles. The van der Waals surface area contributed by atoms with Gasteiger partial charge in [0, 0.05) is 31.7 Å². The monoisotopic (exact) mass is 230 g/mol. The molecule has 94 valence electrons. The second kappa shape index (κ2) is 5.01. The zero-order chi connectivity index (χ0) is 12.3. The van der Waals surface area contributed by atoms with E-state index < -0.39 is 5.60 Å². The van der Waals surface area contributed by atoms with Crippen molar-refractivity contribution in [2.45, 2.75) is 38.8 Å². The van der Waals surface area contributed by atoms with Gasteiger partial charge in [-0.25, -0.2) is 4.79 Å². The third kappa shape index (κ3) is 3.64. The molecule has 0 spiro atoms. The number of nitrogens with two attached hydrogens (primary N) is 1. The maximum Gasteiger partial charge on any atom is 0.410 e. The summed E-state index contributed by atoms with van der Waals surface area (Å²) in [6, 6.07) is -0.0244. The fraction of sp³-hybridized carbons (Fsp3) is 0.909. The second-order valence-corrected chi connectivity index (χ2v) is 5.32. The molecule has 1 rings (SSSR count). The van der Waals surface area contributed by atoms with E-state index in [0.717, 1.165) is 0 Å². The van der Waals surface area contributed by atoms with Gasteiger partial charge in [0.2, 0.25) is 0 Å². The molecule has 3 N–H and O–H groups in total. The Morgan fingerprint density at radius 3 is 2.69 bits per heavy atom. The van der Waals surface area contributed by atoms with Gasteiger partial charge in [-0.15, -0.1) is 0 Å². The number of hydrogen-bond donors (Lipinski definition) is 2. The molecular formula is C11H22N2O3. The molecular weight excluding hydrogens is 208 g/mol. The van der Waals surface area contributed by atoms with E-state index in [1.54, 1.807) is 4.90 Å². The maximum atomic E-state index is 11.8. The van der Waals surface area contributed by atoms with E-state index in [1.165, 1.54) is 0 Å². The minimum Gasteiger partial charge on any atom is -0.444 e. The molecule has 1 fully saturated rings. The Morgan fingerprint density at radius 1 is 1.56 bits per heavy atom. The van der Waals surface area contributed by atoms with Gasteiger partial charge in [0.05, 0.1) is 0 Å². The summed E-state index contributed by atoms with van der Waals surface area (Å²) < 4.78 is 5.27. The Labute approximate surface area is 96.6 Å². The van der Waals surface area contributed by atoms with Crippen LogP contribution in [0.3, 0.4) is 0 Å². The fourth-order valence-corrected chi connectivity index (χ4v) is 1.74. The summed E-state index contributed by atoms with van der Waals surface area (Å²) in [6.07, 6.45) is 0.391. The average molecular weight is 230 g/mol. The molecule has 0 aromatic rings. The molecule has 5 nitrogen and oxygen atoms in total. The number of aliphatic hydroxyl groups is 1. The smallest absolute Gasteiger partial charge is 0.410 e. The highest BCUT2D eigenvalue weighted by Gasteiger charge is 2.31. The van der Waals surface area contributed by atoms with Gasteiger partial charge >= 0.3 is 6.09 Å². The molecule has 1 aliphatic heterocycles.